The molecule has 13 heavy (non-hydrogen) atoms. The first kappa shape index (κ1) is 9.32. The monoisotopic (exact) mass is 232 g/mol. The van der Waals surface area contributed by atoms with Crippen LogP contribution in [0.3, 0.4) is 0 Å². The molecule has 0 amide bonds. The van der Waals surface area contributed by atoms with Gasteiger partial charge in [-0.15, -0.1) is 0 Å². The van der Waals surface area contributed by atoms with Crippen LogP contribution >= 0.6 is 36.2 Å². The van der Waals surface area contributed by atoms with Gasteiger partial charge in [-0.05, 0) is 12.2 Å². The molecular formula is C6H8N4S3. The Kier molecular flexibility index (Phi) is 2.50. The minimum absolute atomic E-state index is 0.232. The van der Waals surface area contributed by atoms with Gasteiger partial charge in [-0.3, -0.25) is 0 Å². The van der Waals surface area contributed by atoms with E-state index in [-0.39, 0.29) is 11.4 Å². The highest BCUT2D eigenvalue weighted by atomic mass is 32.2. The summed E-state index contributed by atoms with van der Waals surface area (Å²) in [5.41, 5.74) is 6.67. The minimum atomic E-state index is -0.243. The number of thioether (sulfide) groups is 1. The Hall–Kier alpha value is -0.240. The van der Waals surface area contributed by atoms with Gasteiger partial charge in [0.25, 0.3) is 0 Å². The highest BCUT2D eigenvalue weighted by Gasteiger charge is 2.32. The maximum Gasteiger partial charge on any atom is 0.194 e. The van der Waals surface area contributed by atoms with E-state index in [0.717, 1.165) is 16.6 Å². The lowest BCUT2D eigenvalue weighted by molar-refractivity contribution is 0.815. The molecule has 0 aromatic carbocycles. The Morgan fingerprint density at radius 3 is 2.77 bits per heavy atom. The van der Waals surface area contributed by atoms with Gasteiger partial charge in [0.2, 0.25) is 0 Å². The molecule has 2 rings (SSSR count). The number of nitrogens with one attached hydrogen (secondary N) is 2. The molecule has 1 saturated heterocycles. The average molecular weight is 232 g/mol. The fraction of sp³-hybridized carbons (Fsp3) is 0.500. The van der Waals surface area contributed by atoms with Crippen molar-refractivity contribution in [1.29, 1.82) is 0 Å². The number of hydrogen-bond donors (Lipinski definition) is 3. The van der Waals surface area contributed by atoms with E-state index in [9.17, 15) is 0 Å². The number of nitrogens with zero attached hydrogens (tertiary/aromatic N) is 1. The predicted octanol–water partition coefficient (Wildman–Crippen LogP) is -0.410. The molecule has 0 aromatic rings. The molecular weight excluding hydrogens is 224 g/mol. The fourth-order valence-electron chi connectivity index (χ4n) is 1.25. The zero-order chi connectivity index (χ0) is 9.42. The first-order valence-corrected chi connectivity index (χ1v) is 5.45. The van der Waals surface area contributed by atoms with Gasteiger partial charge in [-0.1, -0.05) is 24.0 Å². The molecule has 2 unspecified atom stereocenters. The van der Waals surface area contributed by atoms with Crippen molar-refractivity contribution in [2.75, 3.05) is 6.54 Å². The van der Waals surface area contributed by atoms with Gasteiger partial charge in [0.1, 0.15) is 10.5 Å². The third-order valence-electron chi connectivity index (χ3n) is 1.84. The smallest absolute Gasteiger partial charge is 0.194 e. The van der Waals surface area contributed by atoms with Crippen molar-refractivity contribution in [2.45, 2.75) is 11.4 Å². The van der Waals surface area contributed by atoms with Crippen LogP contribution < -0.4 is 16.4 Å². The third-order valence-corrected chi connectivity index (χ3v) is 3.53. The minimum Gasteiger partial charge on any atom is -0.369 e. The van der Waals surface area contributed by atoms with Gasteiger partial charge in [0.15, 0.2) is 5.11 Å². The van der Waals surface area contributed by atoms with Gasteiger partial charge in [-0.2, -0.15) is 0 Å². The SMILES string of the molecule is NC1NC(=S)N=C1C1CNC(=S)S1. The number of nitrogens with two attached hydrogens (primary N) is 1. The summed E-state index contributed by atoms with van der Waals surface area (Å²) in [6.45, 7) is 0.792. The van der Waals surface area contributed by atoms with E-state index in [0.29, 0.717) is 5.11 Å². The Bertz CT molecular complexity index is 300. The number of rotatable bonds is 1. The number of thiocarbonyl (C=S) groups is 2. The molecule has 2 aliphatic heterocycles. The van der Waals surface area contributed by atoms with Crippen molar-refractivity contribution in [1.82, 2.24) is 10.6 Å². The maximum absolute atomic E-state index is 5.78. The summed E-state index contributed by atoms with van der Waals surface area (Å²) < 4.78 is 0.803. The van der Waals surface area contributed by atoms with Crippen molar-refractivity contribution < 1.29 is 0 Å². The third kappa shape index (κ3) is 1.83. The Morgan fingerprint density at radius 1 is 1.54 bits per heavy atom. The van der Waals surface area contributed by atoms with Crippen LogP contribution in [0, 0.1) is 0 Å². The zero-order valence-corrected chi connectivity index (χ0v) is 9.06. The fourth-order valence-corrected chi connectivity index (χ4v) is 2.83. The highest BCUT2D eigenvalue weighted by molar-refractivity contribution is 8.24. The second-order valence-corrected chi connectivity index (χ2v) is 5.01. The number of hydrogen-bond acceptors (Lipinski definition) is 4. The summed E-state index contributed by atoms with van der Waals surface area (Å²) in [5, 5.41) is 6.65. The topological polar surface area (TPSA) is 62.4 Å². The second kappa shape index (κ2) is 3.49. The molecule has 2 heterocycles. The lowest BCUT2D eigenvalue weighted by atomic mass is 10.2. The second-order valence-electron chi connectivity index (χ2n) is 2.74. The van der Waals surface area contributed by atoms with Crippen LogP contribution in [0.5, 0.6) is 0 Å². The van der Waals surface area contributed by atoms with E-state index in [1.807, 2.05) is 0 Å². The van der Waals surface area contributed by atoms with E-state index < -0.39 is 0 Å². The molecule has 0 saturated carbocycles. The molecule has 0 aromatic heterocycles. The lowest BCUT2D eigenvalue weighted by Gasteiger charge is -2.11. The molecule has 0 bridgehead atoms. The van der Waals surface area contributed by atoms with Gasteiger partial charge >= 0.3 is 0 Å². The largest absolute Gasteiger partial charge is 0.369 e. The van der Waals surface area contributed by atoms with Crippen molar-refractivity contribution >= 4 is 51.3 Å². The quantitative estimate of drug-likeness (QED) is 0.534. The van der Waals surface area contributed by atoms with Crippen LogP contribution in [0.2, 0.25) is 0 Å². The van der Waals surface area contributed by atoms with Crippen molar-refractivity contribution in [3.8, 4) is 0 Å². The Balaban J connectivity index is 2.12. The molecule has 0 spiro atoms. The summed E-state index contributed by atoms with van der Waals surface area (Å²) >= 11 is 11.5. The Labute approximate surface area is 90.7 Å². The summed E-state index contributed by atoms with van der Waals surface area (Å²) in [4.78, 5) is 4.18. The predicted molar refractivity (Wildman–Crippen MR) is 63.1 cm³/mol. The summed E-state index contributed by atoms with van der Waals surface area (Å²) in [6.07, 6.45) is -0.243. The van der Waals surface area contributed by atoms with Crippen LogP contribution in [0.15, 0.2) is 4.99 Å². The maximum atomic E-state index is 5.78. The van der Waals surface area contributed by atoms with E-state index in [1.54, 1.807) is 11.8 Å². The van der Waals surface area contributed by atoms with Gasteiger partial charge in [0, 0.05) is 6.54 Å². The van der Waals surface area contributed by atoms with Gasteiger partial charge in [0.05, 0.1) is 11.0 Å². The van der Waals surface area contributed by atoms with Crippen LogP contribution in [0.25, 0.3) is 0 Å². The summed E-state index contributed by atoms with van der Waals surface area (Å²) in [7, 11) is 0. The standard InChI is InChI=1S/C6H8N4S3/c7-4-3(9-5(11)10-4)2-1-8-6(12)13-2/h2,4H,1,7H2,(H,8,12)(H,10,11). The number of aliphatic imine (C=N–C) groups is 1. The van der Waals surface area contributed by atoms with Crippen molar-refractivity contribution in [3.05, 3.63) is 0 Å². The summed E-state index contributed by atoms with van der Waals surface area (Å²) in [5.74, 6) is 0. The van der Waals surface area contributed by atoms with Gasteiger partial charge in [-0.25, -0.2) is 4.99 Å². The molecule has 2 aliphatic rings. The molecule has 4 N–H and O–H groups in total. The van der Waals surface area contributed by atoms with Crippen LogP contribution in [0.1, 0.15) is 0 Å². The van der Waals surface area contributed by atoms with Gasteiger partial charge < -0.3 is 16.4 Å². The Morgan fingerprint density at radius 2 is 2.31 bits per heavy atom. The van der Waals surface area contributed by atoms with Crippen molar-refractivity contribution in [3.63, 3.8) is 0 Å². The van der Waals surface area contributed by atoms with Crippen LogP contribution in [0.4, 0.5) is 0 Å². The van der Waals surface area contributed by atoms with Crippen LogP contribution in [-0.2, 0) is 0 Å². The summed E-state index contributed by atoms with van der Waals surface area (Å²) in [6, 6.07) is 0. The molecule has 70 valence electrons. The molecule has 4 nitrogen and oxygen atoms in total. The molecule has 0 aliphatic carbocycles. The molecule has 2 atom stereocenters. The highest BCUT2D eigenvalue weighted by Crippen LogP contribution is 2.21. The first-order valence-electron chi connectivity index (χ1n) is 3.76. The normalized spacial score (nSPS) is 32.8. The lowest BCUT2D eigenvalue weighted by Crippen LogP contribution is -2.44. The van der Waals surface area contributed by atoms with E-state index in [1.165, 1.54) is 0 Å². The van der Waals surface area contributed by atoms with Crippen molar-refractivity contribution in [2.24, 2.45) is 10.7 Å². The van der Waals surface area contributed by atoms with E-state index >= 15 is 0 Å². The van der Waals surface area contributed by atoms with E-state index in [2.05, 4.69) is 15.6 Å². The average Bonchev–Trinajstić information content (AvgIpc) is 2.58. The zero-order valence-electron chi connectivity index (χ0n) is 6.61. The van der Waals surface area contributed by atoms with Crippen LogP contribution in [-0.4, -0.2) is 33.1 Å². The van der Waals surface area contributed by atoms with E-state index in [4.69, 9.17) is 30.2 Å². The molecule has 0 radical (unpaired) electrons. The molecule has 1 fully saturated rings. The first-order chi connectivity index (χ1) is 6.16. The molecule has 7 heteroatoms.